The number of sulfone groups is 1. The molecule has 0 unspecified atom stereocenters. The molecular formula is C21H22N2O4S. The zero-order valence-electron chi connectivity index (χ0n) is 15.4. The maximum atomic E-state index is 12.3. The van der Waals surface area contributed by atoms with E-state index >= 15 is 0 Å². The monoisotopic (exact) mass is 398 g/mol. The van der Waals surface area contributed by atoms with E-state index in [9.17, 15) is 13.2 Å². The minimum absolute atomic E-state index is 0.0870. The summed E-state index contributed by atoms with van der Waals surface area (Å²) in [6.07, 6.45) is 1.08. The molecule has 0 radical (unpaired) electrons. The van der Waals surface area contributed by atoms with Crippen LogP contribution in [0, 0.1) is 5.92 Å². The van der Waals surface area contributed by atoms with Gasteiger partial charge in [0, 0.05) is 18.4 Å². The second kappa shape index (κ2) is 7.75. The fourth-order valence-electron chi connectivity index (χ4n) is 3.72. The van der Waals surface area contributed by atoms with E-state index in [1.165, 1.54) is 0 Å². The number of ether oxygens (including phenoxy) is 1. The van der Waals surface area contributed by atoms with Crippen LogP contribution < -0.4 is 10.2 Å². The van der Waals surface area contributed by atoms with Crippen LogP contribution in [0.4, 0.5) is 0 Å². The summed E-state index contributed by atoms with van der Waals surface area (Å²) in [6.45, 7) is 0. The Bertz CT molecular complexity index is 1000. The normalized spacial score (nSPS) is 24.4. The molecule has 0 bridgehead atoms. The SMILES string of the molecule is O=C(C[C@H]1CCS(=O)(=O)C1)N/N=C1/C[C@@H](c2ccccc2)Oc2ccccc21. The van der Waals surface area contributed by atoms with E-state index in [0.717, 1.165) is 22.6 Å². The molecule has 1 amide bonds. The van der Waals surface area contributed by atoms with Crippen molar-refractivity contribution in [2.24, 2.45) is 11.0 Å². The summed E-state index contributed by atoms with van der Waals surface area (Å²) in [6, 6.07) is 17.5. The van der Waals surface area contributed by atoms with Crippen LogP contribution in [0.2, 0.25) is 0 Å². The van der Waals surface area contributed by atoms with E-state index < -0.39 is 9.84 Å². The summed E-state index contributed by atoms with van der Waals surface area (Å²) >= 11 is 0. The van der Waals surface area contributed by atoms with Crippen molar-refractivity contribution < 1.29 is 17.9 Å². The van der Waals surface area contributed by atoms with Crippen molar-refractivity contribution in [3.63, 3.8) is 0 Å². The van der Waals surface area contributed by atoms with Gasteiger partial charge in [-0.25, -0.2) is 13.8 Å². The molecule has 0 aliphatic carbocycles. The van der Waals surface area contributed by atoms with Gasteiger partial charge in [-0.3, -0.25) is 4.79 Å². The van der Waals surface area contributed by atoms with Crippen LogP contribution >= 0.6 is 0 Å². The predicted molar refractivity (Wildman–Crippen MR) is 107 cm³/mol. The van der Waals surface area contributed by atoms with Crippen molar-refractivity contribution in [2.45, 2.75) is 25.4 Å². The number of benzene rings is 2. The second-order valence-corrected chi connectivity index (χ2v) is 9.51. The quantitative estimate of drug-likeness (QED) is 0.803. The molecule has 0 saturated carbocycles. The molecule has 2 atom stereocenters. The maximum absolute atomic E-state index is 12.3. The van der Waals surface area contributed by atoms with Gasteiger partial charge in [-0.05, 0) is 30.0 Å². The molecule has 2 aromatic rings. The molecule has 0 spiro atoms. The Kier molecular flexibility index (Phi) is 5.17. The van der Waals surface area contributed by atoms with Gasteiger partial charge in [-0.1, -0.05) is 42.5 Å². The lowest BCUT2D eigenvalue weighted by molar-refractivity contribution is -0.121. The van der Waals surface area contributed by atoms with Crippen molar-refractivity contribution in [2.75, 3.05) is 11.5 Å². The molecule has 7 heteroatoms. The summed E-state index contributed by atoms with van der Waals surface area (Å²) in [5.41, 5.74) is 5.28. The molecule has 2 aliphatic heterocycles. The standard InChI is InChI=1S/C21H22N2O4S/c24-21(12-15-10-11-28(25,26)14-15)23-22-18-13-20(16-6-2-1-3-7-16)27-19-9-5-4-8-17(18)19/h1-9,15,20H,10-14H2,(H,23,24)/b22-18-/t15-,20+/m1/s1. The van der Waals surface area contributed by atoms with Gasteiger partial charge in [0.25, 0.3) is 0 Å². The van der Waals surface area contributed by atoms with E-state index in [-0.39, 0.29) is 35.9 Å². The zero-order valence-corrected chi connectivity index (χ0v) is 16.2. The number of amides is 1. The first-order valence-corrected chi connectivity index (χ1v) is 11.2. The van der Waals surface area contributed by atoms with Gasteiger partial charge in [0.2, 0.25) is 5.91 Å². The molecule has 28 heavy (non-hydrogen) atoms. The topological polar surface area (TPSA) is 84.8 Å². The highest BCUT2D eigenvalue weighted by Crippen LogP contribution is 2.35. The number of hydrogen-bond acceptors (Lipinski definition) is 5. The van der Waals surface area contributed by atoms with Gasteiger partial charge in [0.05, 0.1) is 17.2 Å². The Labute approximate surface area is 164 Å². The summed E-state index contributed by atoms with van der Waals surface area (Å²) in [5.74, 6) is 0.615. The molecule has 2 heterocycles. The van der Waals surface area contributed by atoms with Gasteiger partial charge >= 0.3 is 0 Å². The maximum Gasteiger partial charge on any atom is 0.240 e. The van der Waals surface area contributed by atoms with Crippen LogP contribution in [0.15, 0.2) is 59.7 Å². The molecule has 146 valence electrons. The lowest BCUT2D eigenvalue weighted by atomic mass is 9.96. The molecular weight excluding hydrogens is 376 g/mol. The molecule has 6 nitrogen and oxygen atoms in total. The Morgan fingerprint density at radius 2 is 1.86 bits per heavy atom. The lowest BCUT2D eigenvalue weighted by Gasteiger charge is -2.27. The summed E-state index contributed by atoms with van der Waals surface area (Å²) in [5, 5.41) is 4.37. The average Bonchev–Trinajstić information content (AvgIpc) is 3.04. The molecule has 1 saturated heterocycles. The Morgan fingerprint density at radius 1 is 1.11 bits per heavy atom. The van der Waals surface area contributed by atoms with E-state index in [1.54, 1.807) is 0 Å². The Morgan fingerprint density at radius 3 is 2.61 bits per heavy atom. The van der Waals surface area contributed by atoms with Crippen molar-refractivity contribution >= 4 is 21.5 Å². The van der Waals surface area contributed by atoms with Gasteiger partial charge in [0.1, 0.15) is 11.9 Å². The van der Waals surface area contributed by atoms with Crippen LogP contribution in [0.1, 0.15) is 36.5 Å². The van der Waals surface area contributed by atoms with E-state index in [1.807, 2.05) is 54.6 Å². The number of hydrazone groups is 1. The molecule has 1 N–H and O–H groups in total. The zero-order chi connectivity index (χ0) is 19.6. The van der Waals surface area contributed by atoms with Gasteiger partial charge in [-0.2, -0.15) is 5.10 Å². The second-order valence-electron chi connectivity index (χ2n) is 7.28. The van der Waals surface area contributed by atoms with Crippen LogP contribution in [0.3, 0.4) is 0 Å². The third kappa shape index (κ3) is 4.25. The molecule has 0 aromatic heterocycles. The first kappa shape index (κ1) is 18.7. The van der Waals surface area contributed by atoms with Gasteiger partial charge < -0.3 is 4.74 Å². The number of rotatable bonds is 4. The minimum atomic E-state index is -2.99. The molecule has 2 aliphatic rings. The van der Waals surface area contributed by atoms with Gasteiger partial charge in [0.15, 0.2) is 9.84 Å². The average molecular weight is 398 g/mol. The number of carbonyl (C=O) groups is 1. The highest BCUT2D eigenvalue weighted by atomic mass is 32.2. The van der Waals surface area contributed by atoms with E-state index in [4.69, 9.17) is 4.74 Å². The smallest absolute Gasteiger partial charge is 0.240 e. The van der Waals surface area contributed by atoms with Crippen LogP contribution in [0.5, 0.6) is 5.75 Å². The van der Waals surface area contributed by atoms with E-state index in [0.29, 0.717) is 12.8 Å². The molecule has 1 fully saturated rings. The number of hydrogen-bond donors (Lipinski definition) is 1. The third-order valence-electron chi connectivity index (χ3n) is 5.13. The third-order valence-corrected chi connectivity index (χ3v) is 6.97. The van der Waals surface area contributed by atoms with Crippen molar-refractivity contribution in [1.82, 2.24) is 5.43 Å². The highest BCUT2D eigenvalue weighted by molar-refractivity contribution is 7.91. The van der Waals surface area contributed by atoms with E-state index in [2.05, 4.69) is 10.5 Å². The first-order valence-electron chi connectivity index (χ1n) is 9.37. The fraction of sp³-hybridized carbons (Fsp3) is 0.333. The van der Waals surface area contributed by atoms with Gasteiger partial charge in [-0.15, -0.1) is 0 Å². The largest absolute Gasteiger partial charge is 0.485 e. The van der Waals surface area contributed by atoms with Crippen molar-refractivity contribution in [3.8, 4) is 5.75 Å². The van der Waals surface area contributed by atoms with Crippen LogP contribution in [-0.2, 0) is 14.6 Å². The molecule has 4 rings (SSSR count). The Hall–Kier alpha value is -2.67. The Balaban J connectivity index is 1.49. The number of nitrogens with one attached hydrogen (secondary N) is 1. The predicted octanol–water partition coefficient (Wildman–Crippen LogP) is 2.86. The lowest BCUT2D eigenvalue weighted by Crippen LogP contribution is -2.26. The number of carbonyl (C=O) groups excluding carboxylic acids is 1. The highest BCUT2D eigenvalue weighted by Gasteiger charge is 2.30. The van der Waals surface area contributed by atoms with Crippen LogP contribution in [-0.4, -0.2) is 31.5 Å². The van der Waals surface area contributed by atoms with Crippen molar-refractivity contribution in [1.29, 1.82) is 0 Å². The van der Waals surface area contributed by atoms with Crippen LogP contribution in [0.25, 0.3) is 0 Å². The number of nitrogens with zero attached hydrogens (tertiary/aromatic N) is 1. The summed E-state index contributed by atoms with van der Waals surface area (Å²) in [4.78, 5) is 12.3. The number of fused-ring (bicyclic) bond motifs is 1. The van der Waals surface area contributed by atoms with Crippen molar-refractivity contribution in [3.05, 3.63) is 65.7 Å². The fourth-order valence-corrected chi connectivity index (χ4v) is 5.58. The summed E-state index contributed by atoms with van der Waals surface area (Å²) in [7, 11) is -2.99. The summed E-state index contributed by atoms with van der Waals surface area (Å²) < 4.78 is 29.3. The molecule has 2 aromatic carbocycles. The first-order chi connectivity index (χ1) is 13.5. The number of para-hydroxylation sites is 1. The minimum Gasteiger partial charge on any atom is -0.485 e.